The topological polar surface area (TPSA) is 92.7 Å². The van der Waals surface area contributed by atoms with Crippen LogP contribution in [0.25, 0.3) is 0 Å². The number of benzene rings is 2. The molecule has 0 aromatic heterocycles. The van der Waals surface area contributed by atoms with E-state index in [0.717, 1.165) is 19.2 Å². The van der Waals surface area contributed by atoms with Gasteiger partial charge >= 0.3 is 18.1 Å². The smallest absolute Gasteiger partial charge is 0.416 e. The summed E-state index contributed by atoms with van der Waals surface area (Å²) in [6.07, 6.45) is -5.22. The van der Waals surface area contributed by atoms with Crippen LogP contribution < -0.4 is 5.32 Å². The van der Waals surface area contributed by atoms with E-state index in [1.807, 2.05) is 0 Å². The highest BCUT2D eigenvalue weighted by molar-refractivity contribution is 5.99. The number of methoxy groups -OCH3 is 1. The lowest BCUT2D eigenvalue weighted by Gasteiger charge is -2.18. The fraction of sp³-hybridized carbons (Fsp3) is 0.211. The van der Waals surface area contributed by atoms with Crippen LogP contribution in [0, 0.1) is 0 Å². The third kappa shape index (κ3) is 5.09. The molecule has 28 heavy (non-hydrogen) atoms. The Morgan fingerprint density at radius 2 is 1.71 bits per heavy atom. The second-order valence-electron chi connectivity index (χ2n) is 5.80. The number of nitrogens with one attached hydrogen (secondary N) is 1. The average molecular weight is 395 g/mol. The monoisotopic (exact) mass is 395 g/mol. The molecule has 0 saturated carbocycles. The van der Waals surface area contributed by atoms with E-state index in [0.29, 0.717) is 0 Å². The Balaban J connectivity index is 2.24. The molecule has 2 N–H and O–H groups in total. The fourth-order valence-corrected chi connectivity index (χ4v) is 2.54. The molecule has 1 amide bonds. The van der Waals surface area contributed by atoms with Gasteiger partial charge in [0, 0.05) is 12.0 Å². The fourth-order valence-electron chi connectivity index (χ4n) is 2.54. The Hall–Kier alpha value is -3.36. The zero-order chi connectivity index (χ0) is 20.9. The molecule has 9 heteroatoms. The molecule has 0 aliphatic heterocycles. The van der Waals surface area contributed by atoms with E-state index < -0.39 is 42.0 Å². The lowest BCUT2D eigenvalue weighted by atomic mass is 9.99. The summed E-state index contributed by atoms with van der Waals surface area (Å²) >= 11 is 0. The van der Waals surface area contributed by atoms with Crippen molar-refractivity contribution >= 4 is 17.8 Å². The van der Waals surface area contributed by atoms with Crippen molar-refractivity contribution in [2.45, 2.75) is 18.6 Å². The van der Waals surface area contributed by atoms with Gasteiger partial charge in [-0.15, -0.1) is 0 Å². The number of esters is 1. The van der Waals surface area contributed by atoms with Crippen molar-refractivity contribution in [3.63, 3.8) is 0 Å². The molecule has 0 fully saturated rings. The quantitative estimate of drug-likeness (QED) is 0.734. The first-order valence-corrected chi connectivity index (χ1v) is 8.00. The molecule has 0 heterocycles. The Morgan fingerprint density at radius 3 is 2.32 bits per heavy atom. The zero-order valence-electron chi connectivity index (χ0n) is 14.6. The summed E-state index contributed by atoms with van der Waals surface area (Å²) in [6.45, 7) is 0. The van der Waals surface area contributed by atoms with Gasteiger partial charge in [0.25, 0.3) is 5.91 Å². The van der Waals surface area contributed by atoms with E-state index in [-0.39, 0.29) is 16.7 Å². The number of ether oxygens (including phenoxy) is 1. The Morgan fingerprint density at radius 1 is 1.07 bits per heavy atom. The summed E-state index contributed by atoms with van der Waals surface area (Å²) in [6, 6.07) is 8.28. The van der Waals surface area contributed by atoms with E-state index in [9.17, 15) is 32.7 Å². The number of rotatable bonds is 6. The molecule has 0 radical (unpaired) electrons. The van der Waals surface area contributed by atoms with Crippen molar-refractivity contribution < 1.29 is 37.4 Å². The maximum atomic E-state index is 13.1. The normalized spacial score (nSPS) is 12.1. The van der Waals surface area contributed by atoms with Crippen LogP contribution in [0.1, 0.15) is 31.8 Å². The molecule has 2 aromatic rings. The minimum absolute atomic E-state index is 0.0294. The lowest BCUT2D eigenvalue weighted by Crippen LogP contribution is -2.42. The first-order valence-electron chi connectivity index (χ1n) is 8.00. The van der Waals surface area contributed by atoms with Crippen molar-refractivity contribution in [2.24, 2.45) is 0 Å². The van der Waals surface area contributed by atoms with Gasteiger partial charge in [-0.05, 0) is 29.8 Å². The van der Waals surface area contributed by atoms with Crippen molar-refractivity contribution in [1.29, 1.82) is 0 Å². The lowest BCUT2D eigenvalue weighted by molar-refractivity contribution is -0.141. The van der Waals surface area contributed by atoms with E-state index >= 15 is 0 Å². The van der Waals surface area contributed by atoms with Crippen LogP contribution in [0.15, 0.2) is 48.5 Å². The summed E-state index contributed by atoms with van der Waals surface area (Å²) in [5, 5.41) is 11.5. The van der Waals surface area contributed by atoms with Crippen LogP contribution in [0.3, 0.4) is 0 Å². The van der Waals surface area contributed by atoms with E-state index in [4.69, 9.17) is 0 Å². The number of carboxylic acid groups (broad SMARTS) is 1. The number of carbonyl (C=O) groups excluding carboxylic acids is 2. The van der Waals surface area contributed by atoms with Gasteiger partial charge in [-0.2, -0.15) is 13.2 Å². The van der Waals surface area contributed by atoms with Crippen LogP contribution in [-0.4, -0.2) is 36.1 Å². The molecule has 6 nitrogen and oxygen atoms in total. The van der Waals surface area contributed by atoms with E-state index in [2.05, 4.69) is 10.1 Å². The minimum Gasteiger partial charge on any atom is -0.480 e. The van der Waals surface area contributed by atoms with Crippen LogP contribution >= 0.6 is 0 Å². The first-order chi connectivity index (χ1) is 13.1. The summed E-state index contributed by atoms with van der Waals surface area (Å²) in [5.41, 5.74) is -1.18. The number of aliphatic carboxylic acids is 1. The van der Waals surface area contributed by atoms with Crippen LogP contribution in [-0.2, 0) is 22.1 Å². The van der Waals surface area contributed by atoms with Crippen molar-refractivity contribution in [2.75, 3.05) is 7.11 Å². The van der Waals surface area contributed by atoms with Gasteiger partial charge in [-0.1, -0.05) is 24.3 Å². The van der Waals surface area contributed by atoms with Gasteiger partial charge in [0.2, 0.25) is 0 Å². The molecule has 0 bridgehead atoms. The van der Waals surface area contributed by atoms with E-state index in [1.54, 1.807) is 0 Å². The molecular formula is C19H16F3NO5. The van der Waals surface area contributed by atoms with Gasteiger partial charge in [-0.3, -0.25) is 4.79 Å². The number of carbonyl (C=O) groups is 3. The average Bonchev–Trinajstić information content (AvgIpc) is 2.66. The number of hydrogen-bond acceptors (Lipinski definition) is 4. The maximum Gasteiger partial charge on any atom is 0.416 e. The number of carboxylic acids is 1. The third-order valence-corrected chi connectivity index (χ3v) is 3.90. The highest BCUT2D eigenvalue weighted by atomic mass is 19.4. The van der Waals surface area contributed by atoms with Gasteiger partial charge < -0.3 is 15.2 Å². The third-order valence-electron chi connectivity index (χ3n) is 3.90. The SMILES string of the molecule is COC(=O)c1cccc(C(=O)N[C@@H](Cc2ccccc2C(F)(F)F)C(=O)O)c1. The van der Waals surface area contributed by atoms with Gasteiger partial charge in [-0.25, -0.2) is 9.59 Å². The molecule has 0 aliphatic rings. The number of hydrogen-bond donors (Lipinski definition) is 2. The van der Waals surface area contributed by atoms with Crippen molar-refractivity contribution in [3.05, 3.63) is 70.8 Å². The summed E-state index contributed by atoms with van der Waals surface area (Å²) in [5.74, 6) is -3.03. The van der Waals surface area contributed by atoms with Crippen LogP contribution in [0.2, 0.25) is 0 Å². The molecule has 0 unspecified atom stereocenters. The summed E-state index contributed by atoms with van der Waals surface area (Å²) < 4.78 is 43.9. The highest BCUT2D eigenvalue weighted by Gasteiger charge is 2.34. The van der Waals surface area contributed by atoms with Crippen LogP contribution in [0.4, 0.5) is 13.2 Å². The highest BCUT2D eigenvalue weighted by Crippen LogP contribution is 2.32. The summed E-state index contributed by atoms with van der Waals surface area (Å²) in [4.78, 5) is 35.4. The maximum absolute atomic E-state index is 13.1. The predicted molar refractivity (Wildman–Crippen MR) is 91.8 cm³/mol. The zero-order valence-corrected chi connectivity index (χ0v) is 14.6. The van der Waals surface area contributed by atoms with Gasteiger partial charge in [0.1, 0.15) is 6.04 Å². The molecule has 0 spiro atoms. The number of alkyl halides is 3. The standard InChI is InChI=1S/C19H16F3NO5/c1-28-18(27)13-7-4-6-12(9-13)16(24)23-15(17(25)26)10-11-5-2-3-8-14(11)19(20,21)22/h2-9,15H,10H2,1H3,(H,23,24)(H,25,26)/t15-/m0/s1. The molecule has 1 atom stereocenters. The molecular weight excluding hydrogens is 379 g/mol. The molecule has 2 aromatic carbocycles. The first kappa shape index (κ1) is 20.9. The minimum atomic E-state index is -4.65. The Labute approximate surface area is 157 Å². The Bertz CT molecular complexity index is 895. The predicted octanol–water partition coefficient (Wildman–Crippen LogP) is 2.92. The van der Waals surface area contributed by atoms with Gasteiger partial charge in [0.05, 0.1) is 18.2 Å². The molecule has 0 saturated heterocycles. The number of halogens is 3. The van der Waals surface area contributed by atoms with Crippen LogP contribution in [0.5, 0.6) is 0 Å². The molecule has 148 valence electrons. The Kier molecular flexibility index (Phi) is 6.40. The summed E-state index contributed by atoms with van der Waals surface area (Å²) in [7, 11) is 1.16. The number of amides is 1. The largest absolute Gasteiger partial charge is 0.480 e. The molecule has 2 rings (SSSR count). The van der Waals surface area contributed by atoms with Crippen molar-refractivity contribution in [3.8, 4) is 0 Å². The molecule has 0 aliphatic carbocycles. The second kappa shape index (κ2) is 8.55. The second-order valence-corrected chi connectivity index (χ2v) is 5.80. The van der Waals surface area contributed by atoms with Crippen molar-refractivity contribution in [1.82, 2.24) is 5.32 Å². The van der Waals surface area contributed by atoms with E-state index in [1.165, 1.54) is 36.4 Å². The van der Waals surface area contributed by atoms with Gasteiger partial charge in [0.15, 0.2) is 0 Å².